The van der Waals surface area contributed by atoms with E-state index in [9.17, 15) is 0 Å². The van der Waals surface area contributed by atoms with Crippen molar-refractivity contribution >= 4 is 33.7 Å². The molecular weight excluding hydrogens is 396 g/mol. The second-order valence-electron chi connectivity index (χ2n) is 6.75. The summed E-state index contributed by atoms with van der Waals surface area (Å²) >= 11 is 1.71. The molecule has 0 radical (unpaired) electrons. The maximum atomic E-state index is 5.78. The Hall–Kier alpha value is -3.19. The Morgan fingerprint density at radius 1 is 0.967 bits per heavy atom. The molecule has 0 aliphatic carbocycles. The van der Waals surface area contributed by atoms with E-state index in [-0.39, 0.29) is 0 Å². The lowest BCUT2D eigenvalue weighted by atomic mass is 10.1. The maximum absolute atomic E-state index is 5.78. The third-order valence-corrected chi connectivity index (χ3v) is 5.49. The molecule has 0 aliphatic heterocycles. The van der Waals surface area contributed by atoms with Crippen molar-refractivity contribution in [1.29, 1.82) is 0 Å². The predicted molar refractivity (Wildman–Crippen MR) is 122 cm³/mol. The second kappa shape index (κ2) is 8.67. The molecule has 6 nitrogen and oxygen atoms in total. The fourth-order valence-corrected chi connectivity index (χ4v) is 4.22. The first-order chi connectivity index (χ1) is 14.6. The van der Waals surface area contributed by atoms with Crippen LogP contribution in [0.2, 0.25) is 0 Å². The third-order valence-electron chi connectivity index (χ3n) is 4.60. The molecule has 0 saturated heterocycles. The molecule has 154 valence electrons. The summed E-state index contributed by atoms with van der Waals surface area (Å²) in [6.45, 7) is 9.15. The van der Waals surface area contributed by atoms with Crippen LogP contribution in [-0.4, -0.2) is 28.2 Å². The Bertz CT molecular complexity index is 1190. The van der Waals surface area contributed by atoms with Gasteiger partial charge in [-0.1, -0.05) is 12.1 Å². The van der Waals surface area contributed by atoms with Crippen molar-refractivity contribution in [2.75, 3.05) is 18.5 Å². The number of thiazole rings is 1. The topological polar surface area (TPSA) is 69.2 Å². The molecule has 2 aromatic carbocycles. The summed E-state index contributed by atoms with van der Waals surface area (Å²) in [5.41, 5.74) is 3.83. The Balaban J connectivity index is 1.73. The zero-order valence-electron chi connectivity index (χ0n) is 17.5. The quantitative estimate of drug-likeness (QED) is 0.401. The first kappa shape index (κ1) is 20.1. The number of aromatic nitrogens is 3. The Labute approximate surface area is 179 Å². The lowest BCUT2D eigenvalue weighted by Gasteiger charge is -2.14. The van der Waals surface area contributed by atoms with Crippen molar-refractivity contribution in [2.24, 2.45) is 0 Å². The molecule has 4 rings (SSSR count). The average Bonchev–Trinajstić information content (AvgIpc) is 3.07. The maximum Gasteiger partial charge on any atom is 0.163 e. The van der Waals surface area contributed by atoms with Gasteiger partial charge in [0, 0.05) is 27.6 Å². The van der Waals surface area contributed by atoms with Crippen LogP contribution in [0.25, 0.3) is 22.2 Å². The van der Waals surface area contributed by atoms with Crippen LogP contribution in [0.3, 0.4) is 0 Å². The lowest BCUT2D eigenvalue weighted by molar-refractivity contribution is 0.288. The largest absolute Gasteiger partial charge is 0.490 e. The zero-order valence-corrected chi connectivity index (χ0v) is 18.3. The van der Waals surface area contributed by atoms with Crippen molar-refractivity contribution in [2.45, 2.75) is 27.7 Å². The van der Waals surface area contributed by atoms with Crippen LogP contribution in [0, 0.1) is 13.8 Å². The summed E-state index contributed by atoms with van der Waals surface area (Å²) < 4.78 is 11.5. The molecule has 2 aromatic heterocycles. The van der Waals surface area contributed by atoms with Crippen LogP contribution >= 0.6 is 11.3 Å². The molecule has 2 heterocycles. The summed E-state index contributed by atoms with van der Waals surface area (Å²) in [5.74, 6) is 2.09. The van der Waals surface area contributed by atoms with Crippen molar-refractivity contribution < 1.29 is 9.47 Å². The van der Waals surface area contributed by atoms with E-state index in [4.69, 9.17) is 9.47 Å². The van der Waals surface area contributed by atoms with E-state index in [0.29, 0.717) is 30.5 Å². The van der Waals surface area contributed by atoms with Crippen LogP contribution < -0.4 is 14.8 Å². The Morgan fingerprint density at radius 3 is 2.43 bits per heavy atom. The van der Waals surface area contributed by atoms with E-state index < -0.39 is 0 Å². The summed E-state index contributed by atoms with van der Waals surface area (Å²) in [7, 11) is 0. The molecule has 0 spiro atoms. The van der Waals surface area contributed by atoms with E-state index in [1.807, 2.05) is 45.0 Å². The molecule has 4 aromatic rings. The summed E-state index contributed by atoms with van der Waals surface area (Å²) in [6.07, 6.45) is 1.55. The van der Waals surface area contributed by atoms with Crippen molar-refractivity contribution in [3.8, 4) is 22.8 Å². The Kier molecular flexibility index (Phi) is 5.81. The van der Waals surface area contributed by atoms with Crippen LogP contribution in [0.15, 0.2) is 42.7 Å². The van der Waals surface area contributed by atoms with Gasteiger partial charge in [0.15, 0.2) is 11.5 Å². The summed E-state index contributed by atoms with van der Waals surface area (Å²) in [5, 5.41) is 5.37. The first-order valence-corrected chi connectivity index (χ1v) is 10.8. The van der Waals surface area contributed by atoms with Gasteiger partial charge >= 0.3 is 0 Å². The minimum Gasteiger partial charge on any atom is -0.490 e. The smallest absolute Gasteiger partial charge is 0.163 e. The van der Waals surface area contributed by atoms with E-state index in [0.717, 1.165) is 32.9 Å². The number of benzene rings is 2. The van der Waals surface area contributed by atoms with Crippen molar-refractivity contribution in [1.82, 2.24) is 15.0 Å². The van der Waals surface area contributed by atoms with Gasteiger partial charge in [-0.2, -0.15) is 0 Å². The number of hydrogen-bond donors (Lipinski definition) is 1. The van der Waals surface area contributed by atoms with E-state index in [1.165, 1.54) is 4.88 Å². The van der Waals surface area contributed by atoms with Crippen LogP contribution in [0.5, 0.6) is 11.5 Å². The highest BCUT2D eigenvalue weighted by Gasteiger charge is 2.13. The van der Waals surface area contributed by atoms with Gasteiger partial charge < -0.3 is 14.8 Å². The number of nitrogens with zero attached hydrogens (tertiary/aromatic N) is 3. The highest BCUT2D eigenvalue weighted by atomic mass is 32.1. The molecule has 0 aliphatic rings. The van der Waals surface area contributed by atoms with Gasteiger partial charge in [-0.05, 0) is 45.9 Å². The molecule has 0 bridgehead atoms. The fourth-order valence-electron chi connectivity index (χ4n) is 3.38. The second-order valence-corrected chi connectivity index (χ2v) is 8.16. The third kappa shape index (κ3) is 4.07. The Morgan fingerprint density at radius 2 is 1.73 bits per heavy atom. The van der Waals surface area contributed by atoms with Crippen LogP contribution in [0.1, 0.15) is 23.7 Å². The number of aryl methyl sites for hydroxylation is 2. The fraction of sp³-hybridized carbons (Fsp3) is 0.261. The van der Waals surface area contributed by atoms with Gasteiger partial charge in [0.1, 0.15) is 12.1 Å². The van der Waals surface area contributed by atoms with Crippen LogP contribution in [0.4, 0.5) is 11.5 Å². The highest BCUT2D eigenvalue weighted by molar-refractivity contribution is 7.11. The molecule has 0 unspecified atom stereocenters. The van der Waals surface area contributed by atoms with Gasteiger partial charge in [-0.25, -0.2) is 15.0 Å². The standard InChI is InChI=1S/C23H24N4O2S/c1-5-28-20-11-18-19(12-21(20)29-6-2)24-13-25-23(18)27-17-9-7-8-16(10-17)22-14(3)30-15(4)26-22/h7-13H,5-6H2,1-4H3,(H,24,25,27). The number of hydrogen-bond acceptors (Lipinski definition) is 7. The number of anilines is 2. The number of nitrogens with one attached hydrogen (secondary N) is 1. The number of ether oxygens (including phenoxy) is 2. The van der Waals surface area contributed by atoms with E-state index in [2.05, 4.69) is 39.3 Å². The molecule has 0 saturated carbocycles. The van der Waals surface area contributed by atoms with Gasteiger partial charge in [0.2, 0.25) is 0 Å². The first-order valence-electron chi connectivity index (χ1n) is 9.94. The summed E-state index contributed by atoms with van der Waals surface area (Å²) in [6, 6.07) is 12.0. The molecule has 7 heteroatoms. The number of fused-ring (bicyclic) bond motifs is 1. The minimum atomic E-state index is 0.552. The van der Waals surface area contributed by atoms with Gasteiger partial charge in [-0.3, -0.25) is 0 Å². The van der Waals surface area contributed by atoms with Gasteiger partial charge in [0.05, 0.1) is 29.4 Å². The lowest BCUT2D eigenvalue weighted by Crippen LogP contribution is -2.01. The van der Waals surface area contributed by atoms with Gasteiger partial charge in [-0.15, -0.1) is 11.3 Å². The normalized spacial score (nSPS) is 10.9. The molecule has 0 amide bonds. The van der Waals surface area contributed by atoms with Crippen LogP contribution in [-0.2, 0) is 0 Å². The molecule has 30 heavy (non-hydrogen) atoms. The van der Waals surface area contributed by atoms with E-state index in [1.54, 1.807) is 17.7 Å². The molecule has 0 atom stereocenters. The zero-order chi connectivity index (χ0) is 21.1. The van der Waals surface area contributed by atoms with Gasteiger partial charge in [0.25, 0.3) is 0 Å². The van der Waals surface area contributed by atoms with E-state index >= 15 is 0 Å². The van der Waals surface area contributed by atoms with Crippen molar-refractivity contribution in [3.05, 3.63) is 52.6 Å². The monoisotopic (exact) mass is 420 g/mol. The molecule has 1 N–H and O–H groups in total. The predicted octanol–water partition coefficient (Wildman–Crippen LogP) is 5.91. The SMILES string of the molecule is CCOc1cc2ncnc(Nc3cccc(-c4nc(C)sc4C)c3)c2cc1OCC. The average molecular weight is 421 g/mol. The van der Waals surface area contributed by atoms with Crippen molar-refractivity contribution in [3.63, 3.8) is 0 Å². The molecule has 0 fully saturated rings. The summed E-state index contributed by atoms with van der Waals surface area (Å²) in [4.78, 5) is 14.8. The molecular formula is C23H24N4O2S. The highest BCUT2D eigenvalue weighted by Crippen LogP contribution is 2.35. The minimum absolute atomic E-state index is 0.552. The number of rotatable bonds is 7.